The number of aldehydes is 1. The summed E-state index contributed by atoms with van der Waals surface area (Å²) in [5.41, 5.74) is 3.96. The van der Waals surface area contributed by atoms with E-state index in [0.717, 1.165) is 24.7 Å². The lowest BCUT2D eigenvalue weighted by molar-refractivity contribution is -0.104. The molecule has 0 N–H and O–H groups in total. The normalized spacial score (nSPS) is 23.6. The van der Waals surface area contributed by atoms with Gasteiger partial charge >= 0.3 is 0 Å². The van der Waals surface area contributed by atoms with Gasteiger partial charge in [0.2, 0.25) is 0 Å². The maximum absolute atomic E-state index is 10.2. The summed E-state index contributed by atoms with van der Waals surface area (Å²) in [6, 6.07) is 0. The Morgan fingerprint density at radius 1 is 1.44 bits per heavy atom. The highest BCUT2D eigenvalue weighted by Crippen LogP contribution is 2.32. The van der Waals surface area contributed by atoms with Crippen LogP contribution >= 0.6 is 0 Å². The molecule has 0 bridgehead atoms. The summed E-state index contributed by atoms with van der Waals surface area (Å²) in [5, 5.41) is 0. The number of carbonyl (C=O) groups is 1. The molecule has 0 amide bonds. The minimum absolute atomic E-state index is 0.535. The molecule has 2 aliphatic rings. The van der Waals surface area contributed by atoms with Gasteiger partial charge in [-0.1, -0.05) is 49.0 Å². The molecule has 0 aromatic heterocycles. The number of hydrogen-bond donors (Lipinski definition) is 0. The van der Waals surface area contributed by atoms with E-state index in [0.29, 0.717) is 5.92 Å². The highest BCUT2D eigenvalue weighted by Gasteiger charge is 2.17. The molecule has 82 valence electrons. The summed E-state index contributed by atoms with van der Waals surface area (Å²) in [6.45, 7) is 2.20. The van der Waals surface area contributed by atoms with Crippen LogP contribution in [0.15, 0.2) is 59.3 Å². The van der Waals surface area contributed by atoms with Crippen molar-refractivity contribution in [1.82, 2.24) is 0 Å². The third kappa shape index (κ3) is 2.30. The van der Waals surface area contributed by atoms with E-state index in [2.05, 4.69) is 37.3 Å². The van der Waals surface area contributed by atoms with E-state index in [1.807, 2.05) is 6.08 Å². The standard InChI is InChI=1S/C15H16O/c1-2-12-5-7-15-11-13(4-3-9-16)6-8-14(15)10-12/h3-9,11,14H,2,10H2,1H3/b4-3+. The fourth-order valence-corrected chi connectivity index (χ4v) is 2.12. The van der Waals surface area contributed by atoms with E-state index in [1.54, 1.807) is 0 Å². The lowest BCUT2D eigenvalue weighted by Crippen LogP contribution is -2.08. The van der Waals surface area contributed by atoms with E-state index in [9.17, 15) is 4.79 Å². The Bertz CT molecular complexity index is 430. The van der Waals surface area contributed by atoms with Gasteiger partial charge in [0.1, 0.15) is 6.29 Å². The van der Waals surface area contributed by atoms with Gasteiger partial charge in [-0.05, 0) is 30.1 Å². The summed E-state index contributed by atoms with van der Waals surface area (Å²) in [6.07, 6.45) is 17.4. The van der Waals surface area contributed by atoms with Crippen molar-refractivity contribution in [1.29, 1.82) is 0 Å². The summed E-state index contributed by atoms with van der Waals surface area (Å²) < 4.78 is 0. The third-order valence-corrected chi connectivity index (χ3v) is 3.10. The largest absolute Gasteiger partial charge is 0.299 e. The minimum Gasteiger partial charge on any atom is -0.299 e. The number of fused-ring (bicyclic) bond motifs is 1. The second kappa shape index (κ2) is 4.93. The van der Waals surface area contributed by atoms with Crippen LogP contribution in [0.4, 0.5) is 0 Å². The zero-order valence-electron chi connectivity index (χ0n) is 9.52. The minimum atomic E-state index is 0.535. The van der Waals surface area contributed by atoms with Crippen LogP contribution in [0.5, 0.6) is 0 Å². The summed E-state index contributed by atoms with van der Waals surface area (Å²) in [4.78, 5) is 10.2. The van der Waals surface area contributed by atoms with E-state index in [4.69, 9.17) is 0 Å². The molecular weight excluding hydrogens is 196 g/mol. The molecule has 0 fully saturated rings. The summed E-state index contributed by atoms with van der Waals surface area (Å²) in [5.74, 6) is 0.535. The van der Waals surface area contributed by atoms with Crippen LogP contribution in [0.3, 0.4) is 0 Å². The fraction of sp³-hybridized carbons (Fsp3) is 0.267. The number of hydrogen-bond acceptors (Lipinski definition) is 1. The molecule has 2 aliphatic carbocycles. The molecule has 1 unspecified atom stereocenters. The maximum atomic E-state index is 10.2. The molecule has 0 saturated heterocycles. The monoisotopic (exact) mass is 212 g/mol. The van der Waals surface area contributed by atoms with E-state index in [-0.39, 0.29) is 0 Å². The Morgan fingerprint density at radius 3 is 3.06 bits per heavy atom. The Labute approximate surface area is 96.6 Å². The first-order valence-corrected chi connectivity index (χ1v) is 5.75. The predicted octanol–water partition coefficient (Wildman–Crippen LogP) is 3.52. The number of rotatable bonds is 3. The second-order valence-corrected chi connectivity index (χ2v) is 4.15. The van der Waals surface area contributed by atoms with Gasteiger partial charge < -0.3 is 0 Å². The Kier molecular flexibility index (Phi) is 3.35. The maximum Gasteiger partial charge on any atom is 0.142 e. The van der Waals surface area contributed by atoms with Crippen molar-refractivity contribution in [2.45, 2.75) is 19.8 Å². The summed E-state index contributed by atoms with van der Waals surface area (Å²) in [7, 11) is 0. The van der Waals surface area contributed by atoms with Crippen molar-refractivity contribution >= 4 is 6.29 Å². The van der Waals surface area contributed by atoms with Crippen molar-refractivity contribution in [2.75, 3.05) is 0 Å². The average Bonchev–Trinajstić information content (AvgIpc) is 2.35. The van der Waals surface area contributed by atoms with Gasteiger partial charge in [-0.3, -0.25) is 4.79 Å². The lowest BCUT2D eigenvalue weighted by atomic mass is 9.82. The number of allylic oxidation sites excluding steroid dienone is 10. The van der Waals surface area contributed by atoms with Crippen molar-refractivity contribution in [3.8, 4) is 0 Å². The molecule has 1 heteroatoms. The van der Waals surface area contributed by atoms with Crippen molar-refractivity contribution in [3.05, 3.63) is 59.3 Å². The van der Waals surface area contributed by atoms with Crippen LogP contribution in [-0.4, -0.2) is 6.29 Å². The van der Waals surface area contributed by atoms with Crippen LogP contribution in [0, 0.1) is 5.92 Å². The van der Waals surface area contributed by atoms with Crippen molar-refractivity contribution < 1.29 is 4.79 Å². The van der Waals surface area contributed by atoms with Crippen molar-refractivity contribution in [3.63, 3.8) is 0 Å². The fourth-order valence-electron chi connectivity index (χ4n) is 2.12. The second-order valence-electron chi connectivity index (χ2n) is 4.15. The lowest BCUT2D eigenvalue weighted by Gasteiger charge is -2.23. The molecule has 16 heavy (non-hydrogen) atoms. The van der Waals surface area contributed by atoms with Crippen LogP contribution in [0.25, 0.3) is 0 Å². The smallest absolute Gasteiger partial charge is 0.142 e. The van der Waals surface area contributed by atoms with Crippen LogP contribution in [-0.2, 0) is 4.79 Å². The zero-order chi connectivity index (χ0) is 11.4. The SMILES string of the molecule is CCC1=CC=C2C=C(/C=C/C=O)C=CC2C1. The van der Waals surface area contributed by atoms with Gasteiger partial charge in [0.05, 0.1) is 0 Å². The van der Waals surface area contributed by atoms with Gasteiger partial charge in [0.15, 0.2) is 0 Å². The van der Waals surface area contributed by atoms with Crippen LogP contribution in [0.2, 0.25) is 0 Å². The highest BCUT2D eigenvalue weighted by atomic mass is 16.1. The van der Waals surface area contributed by atoms with Crippen LogP contribution < -0.4 is 0 Å². The first-order chi connectivity index (χ1) is 7.83. The van der Waals surface area contributed by atoms with Gasteiger partial charge in [-0.15, -0.1) is 0 Å². The summed E-state index contributed by atoms with van der Waals surface area (Å²) >= 11 is 0. The molecule has 2 rings (SSSR count). The molecule has 0 radical (unpaired) electrons. The quantitative estimate of drug-likeness (QED) is 0.516. The molecule has 1 atom stereocenters. The number of carbonyl (C=O) groups excluding carboxylic acids is 1. The van der Waals surface area contributed by atoms with Gasteiger partial charge in [0, 0.05) is 5.92 Å². The first kappa shape index (κ1) is 10.9. The predicted molar refractivity (Wildman–Crippen MR) is 67.0 cm³/mol. The highest BCUT2D eigenvalue weighted by molar-refractivity contribution is 5.66. The Morgan fingerprint density at radius 2 is 2.31 bits per heavy atom. The van der Waals surface area contributed by atoms with Gasteiger partial charge in [0.25, 0.3) is 0 Å². The zero-order valence-corrected chi connectivity index (χ0v) is 9.52. The van der Waals surface area contributed by atoms with E-state index >= 15 is 0 Å². The molecule has 0 aliphatic heterocycles. The van der Waals surface area contributed by atoms with E-state index in [1.165, 1.54) is 17.2 Å². The third-order valence-electron chi connectivity index (χ3n) is 3.10. The molecule has 1 nitrogen and oxygen atoms in total. The first-order valence-electron chi connectivity index (χ1n) is 5.75. The van der Waals surface area contributed by atoms with Gasteiger partial charge in [-0.25, -0.2) is 0 Å². The molecule has 0 heterocycles. The molecule has 0 aromatic carbocycles. The molecule has 0 spiro atoms. The van der Waals surface area contributed by atoms with Crippen molar-refractivity contribution in [2.24, 2.45) is 5.92 Å². The average molecular weight is 212 g/mol. The topological polar surface area (TPSA) is 17.1 Å². The Balaban J connectivity index is 2.21. The molecular formula is C15H16O. The molecule has 0 aromatic rings. The van der Waals surface area contributed by atoms with E-state index < -0.39 is 0 Å². The molecule has 0 saturated carbocycles. The van der Waals surface area contributed by atoms with Gasteiger partial charge in [-0.2, -0.15) is 0 Å². The van der Waals surface area contributed by atoms with Crippen LogP contribution in [0.1, 0.15) is 19.8 Å². The Hall–Kier alpha value is -1.63.